The van der Waals surface area contributed by atoms with Crippen molar-refractivity contribution in [1.29, 1.82) is 0 Å². The number of aliphatic hydroxyl groups is 1. The third kappa shape index (κ3) is 2.89. The number of hydrogen-bond acceptors (Lipinski definition) is 4. The molecule has 1 aromatic carbocycles. The molecule has 1 unspecified atom stereocenters. The maximum Gasteiger partial charge on any atom is 0.265 e. The van der Waals surface area contributed by atoms with E-state index in [4.69, 9.17) is 4.74 Å². The van der Waals surface area contributed by atoms with Crippen LogP contribution in [0.25, 0.3) is 0 Å². The van der Waals surface area contributed by atoms with Crippen molar-refractivity contribution in [2.75, 3.05) is 37.7 Å². The Morgan fingerprint density at radius 3 is 2.81 bits per heavy atom. The van der Waals surface area contributed by atoms with Crippen LogP contribution in [-0.2, 0) is 4.79 Å². The molecule has 0 spiro atoms. The molecule has 0 bridgehead atoms. The van der Waals surface area contributed by atoms with Gasteiger partial charge in [-0.25, -0.2) is 0 Å². The third-order valence-corrected chi connectivity index (χ3v) is 4.26. The van der Waals surface area contributed by atoms with Gasteiger partial charge in [0.25, 0.3) is 5.91 Å². The summed E-state index contributed by atoms with van der Waals surface area (Å²) in [5.74, 6) is 0.685. The van der Waals surface area contributed by atoms with E-state index in [1.165, 1.54) is 12.8 Å². The summed E-state index contributed by atoms with van der Waals surface area (Å²) >= 11 is 0. The summed E-state index contributed by atoms with van der Waals surface area (Å²) in [6.07, 6.45) is 1.90. The van der Waals surface area contributed by atoms with E-state index in [0.29, 0.717) is 18.8 Å². The minimum Gasteiger partial charge on any atom is -0.482 e. The van der Waals surface area contributed by atoms with Gasteiger partial charge in [-0.05, 0) is 50.6 Å². The number of carbonyl (C=O) groups is 1. The van der Waals surface area contributed by atoms with Crippen LogP contribution in [0.4, 0.5) is 5.69 Å². The highest BCUT2D eigenvalue weighted by Crippen LogP contribution is 2.34. The fourth-order valence-corrected chi connectivity index (χ4v) is 3.09. The Morgan fingerprint density at radius 1 is 1.33 bits per heavy atom. The summed E-state index contributed by atoms with van der Waals surface area (Å²) in [6, 6.07) is 5.63. The maximum atomic E-state index is 11.9. The van der Waals surface area contributed by atoms with Crippen molar-refractivity contribution in [3.05, 3.63) is 23.8 Å². The fraction of sp³-hybridized carbons (Fsp3) is 0.562. The lowest BCUT2D eigenvalue weighted by atomic mass is 10.1. The van der Waals surface area contributed by atoms with Crippen molar-refractivity contribution < 1.29 is 14.6 Å². The van der Waals surface area contributed by atoms with Crippen LogP contribution < -0.4 is 9.64 Å². The second-order valence-corrected chi connectivity index (χ2v) is 5.68. The second kappa shape index (κ2) is 6.03. The summed E-state index contributed by atoms with van der Waals surface area (Å²) in [5, 5.41) is 10.4. The molecule has 1 N–H and O–H groups in total. The molecule has 2 aliphatic heterocycles. The van der Waals surface area contributed by atoms with Gasteiger partial charge in [-0.15, -0.1) is 0 Å². The minimum atomic E-state index is -0.524. The molecule has 1 amide bonds. The van der Waals surface area contributed by atoms with Gasteiger partial charge in [-0.1, -0.05) is 6.07 Å². The number of hydrogen-bond donors (Lipinski definition) is 1. The smallest absolute Gasteiger partial charge is 0.265 e. The van der Waals surface area contributed by atoms with Crippen molar-refractivity contribution >= 4 is 11.6 Å². The first kappa shape index (κ1) is 14.4. The van der Waals surface area contributed by atoms with E-state index in [1.807, 2.05) is 25.1 Å². The quantitative estimate of drug-likeness (QED) is 0.914. The number of benzene rings is 1. The summed E-state index contributed by atoms with van der Waals surface area (Å²) in [7, 11) is 0. The number of amides is 1. The Balaban J connectivity index is 1.80. The Labute approximate surface area is 125 Å². The lowest BCUT2D eigenvalue weighted by molar-refractivity contribution is -0.121. The van der Waals surface area contributed by atoms with Crippen LogP contribution in [0.2, 0.25) is 0 Å². The third-order valence-electron chi connectivity index (χ3n) is 4.26. The van der Waals surface area contributed by atoms with Crippen molar-refractivity contribution in [2.45, 2.75) is 25.9 Å². The number of fused-ring (bicyclic) bond motifs is 1. The van der Waals surface area contributed by atoms with Gasteiger partial charge >= 0.3 is 0 Å². The molecule has 5 heteroatoms. The van der Waals surface area contributed by atoms with E-state index < -0.39 is 6.10 Å². The molecular weight excluding hydrogens is 268 g/mol. The molecule has 0 aromatic heterocycles. The molecule has 2 heterocycles. The molecule has 5 nitrogen and oxygen atoms in total. The van der Waals surface area contributed by atoms with Gasteiger partial charge < -0.3 is 19.6 Å². The second-order valence-electron chi connectivity index (χ2n) is 5.68. The van der Waals surface area contributed by atoms with Gasteiger partial charge in [0.15, 0.2) is 6.61 Å². The maximum absolute atomic E-state index is 11.9. The largest absolute Gasteiger partial charge is 0.482 e. The van der Waals surface area contributed by atoms with Crippen LogP contribution >= 0.6 is 0 Å². The van der Waals surface area contributed by atoms with Gasteiger partial charge in [0.1, 0.15) is 5.75 Å². The minimum absolute atomic E-state index is 0.0313. The number of ether oxygens (including phenoxy) is 1. The summed E-state index contributed by atoms with van der Waals surface area (Å²) in [4.78, 5) is 15.9. The van der Waals surface area contributed by atoms with E-state index in [1.54, 1.807) is 4.90 Å². The van der Waals surface area contributed by atoms with Gasteiger partial charge in [-0.3, -0.25) is 4.79 Å². The van der Waals surface area contributed by atoms with E-state index in [-0.39, 0.29) is 12.5 Å². The van der Waals surface area contributed by atoms with Crippen molar-refractivity contribution in [2.24, 2.45) is 0 Å². The SMILES string of the molecule is CCN1C(=O)COc2ccc(C(O)CN3CCCC3)cc21. The van der Waals surface area contributed by atoms with Crippen LogP contribution in [0.5, 0.6) is 5.75 Å². The first-order chi connectivity index (χ1) is 10.2. The molecule has 0 saturated carbocycles. The average Bonchev–Trinajstić information content (AvgIpc) is 2.99. The van der Waals surface area contributed by atoms with Gasteiger partial charge in [0.2, 0.25) is 0 Å². The molecule has 2 aliphatic rings. The molecule has 1 fully saturated rings. The molecule has 1 aromatic rings. The predicted octanol–water partition coefficient (Wildman–Crippen LogP) is 1.56. The normalized spacial score (nSPS) is 20.3. The molecule has 21 heavy (non-hydrogen) atoms. The highest BCUT2D eigenvalue weighted by atomic mass is 16.5. The number of likely N-dealkylation sites (tertiary alicyclic amines) is 1. The number of β-amino-alcohol motifs (C(OH)–C–C–N with tert-alkyl or cyclic N) is 1. The molecule has 3 rings (SSSR count). The van der Waals surface area contributed by atoms with Crippen molar-refractivity contribution in [3.63, 3.8) is 0 Å². The summed E-state index contributed by atoms with van der Waals surface area (Å²) in [5.41, 5.74) is 1.61. The van der Waals surface area contributed by atoms with E-state index >= 15 is 0 Å². The molecule has 0 aliphatic carbocycles. The van der Waals surface area contributed by atoms with Crippen LogP contribution in [-0.4, -0.2) is 48.7 Å². The molecule has 1 saturated heterocycles. The van der Waals surface area contributed by atoms with Gasteiger partial charge in [0, 0.05) is 13.1 Å². The Morgan fingerprint density at radius 2 is 2.10 bits per heavy atom. The summed E-state index contributed by atoms with van der Waals surface area (Å²) in [6.45, 7) is 5.42. The lowest BCUT2D eigenvalue weighted by Gasteiger charge is -2.29. The van der Waals surface area contributed by atoms with Crippen LogP contribution in [0, 0.1) is 0 Å². The zero-order valence-corrected chi connectivity index (χ0v) is 12.4. The van der Waals surface area contributed by atoms with Gasteiger partial charge in [0.05, 0.1) is 11.8 Å². The average molecular weight is 290 g/mol. The van der Waals surface area contributed by atoms with E-state index in [2.05, 4.69) is 4.90 Å². The molecule has 0 radical (unpaired) electrons. The highest BCUT2D eigenvalue weighted by molar-refractivity contribution is 5.97. The van der Waals surface area contributed by atoms with Crippen LogP contribution in [0.1, 0.15) is 31.4 Å². The zero-order valence-electron chi connectivity index (χ0n) is 12.4. The zero-order chi connectivity index (χ0) is 14.8. The van der Waals surface area contributed by atoms with E-state index in [0.717, 1.165) is 24.3 Å². The summed E-state index contributed by atoms with van der Waals surface area (Å²) < 4.78 is 5.45. The number of anilines is 1. The number of likely N-dealkylation sites (N-methyl/N-ethyl adjacent to an activating group) is 1. The van der Waals surface area contributed by atoms with Crippen molar-refractivity contribution in [1.82, 2.24) is 4.90 Å². The van der Waals surface area contributed by atoms with Crippen LogP contribution in [0.3, 0.4) is 0 Å². The highest BCUT2D eigenvalue weighted by Gasteiger charge is 2.26. The number of aliphatic hydroxyl groups excluding tert-OH is 1. The first-order valence-electron chi connectivity index (χ1n) is 7.66. The number of nitrogens with zero attached hydrogens (tertiary/aromatic N) is 2. The number of rotatable bonds is 4. The van der Waals surface area contributed by atoms with Crippen LogP contribution in [0.15, 0.2) is 18.2 Å². The first-order valence-corrected chi connectivity index (χ1v) is 7.66. The Bertz CT molecular complexity index is 526. The van der Waals surface area contributed by atoms with E-state index in [9.17, 15) is 9.90 Å². The standard InChI is InChI=1S/C16H22N2O3/c1-2-18-13-9-12(5-6-15(13)21-11-16(18)20)14(19)10-17-7-3-4-8-17/h5-6,9,14,19H,2-4,7-8,10-11H2,1H3. The molecule has 114 valence electrons. The Hall–Kier alpha value is -1.59. The number of carbonyl (C=O) groups excluding carboxylic acids is 1. The Kier molecular flexibility index (Phi) is 4.12. The molecular formula is C16H22N2O3. The van der Waals surface area contributed by atoms with Gasteiger partial charge in [-0.2, -0.15) is 0 Å². The topological polar surface area (TPSA) is 53.0 Å². The molecule has 1 atom stereocenters. The predicted molar refractivity (Wildman–Crippen MR) is 80.6 cm³/mol. The monoisotopic (exact) mass is 290 g/mol. The van der Waals surface area contributed by atoms with Crippen molar-refractivity contribution in [3.8, 4) is 5.75 Å². The lowest BCUT2D eigenvalue weighted by Crippen LogP contribution is -2.38. The fourth-order valence-electron chi connectivity index (χ4n) is 3.09.